The van der Waals surface area contributed by atoms with Gasteiger partial charge in [0, 0.05) is 24.1 Å². The lowest BCUT2D eigenvalue weighted by molar-refractivity contribution is 0.552. The summed E-state index contributed by atoms with van der Waals surface area (Å²) in [6.45, 7) is 4.24. The van der Waals surface area contributed by atoms with Crippen LogP contribution >= 0.6 is 15.9 Å². The van der Waals surface area contributed by atoms with Gasteiger partial charge in [0.25, 0.3) is 0 Å². The van der Waals surface area contributed by atoms with Crippen LogP contribution in [0.2, 0.25) is 0 Å². The number of hydrogen-bond acceptors (Lipinski definition) is 2. The monoisotopic (exact) mass is 352 g/mol. The summed E-state index contributed by atoms with van der Waals surface area (Å²) in [5.74, 6) is 0. The van der Waals surface area contributed by atoms with Crippen molar-refractivity contribution in [3.63, 3.8) is 0 Å². The van der Waals surface area contributed by atoms with Gasteiger partial charge in [-0.05, 0) is 59.4 Å². The van der Waals surface area contributed by atoms with E-state index in [4.69, 9.17) is 0 Å². The standard InChI is InChI=1S/C18H29BrN2/c1-3-12-20-14-15-10-11-18(17(19)13-15)21(2)16-8-6-4-5-7-9-16/h10-11,13,16,20H,3-9,12,14H2,1-2H3. The van der Waals surface area contributed by atoms with Crippen LogP contribution in [-0.4, -0.2) is 19.6 Å². The molecule has 0 amide bonds. The summed E-state index contributed by atoms with van der Waals surface area (Å²) >= 11 is 3.77. The number of rotatable bonds is 6. The van der Waals surface area contributed by atoms with Crippen molar-refractivity contribution in [1.29, 1.82) is 0 Å². The van der Waals surface area contributed by atoms with Gasteiger partial charge < -0.3 is 10.2 Å². The first-order valence-electron chi connectivity index (χ1n) is 8.44. The molecular weight excluding hydrogens is 324 g/mol. The third-order valence-corrected chi connectivity index (χ3v) is 5.16. The lowest BCUT2D eigenvalue weighted by Crippen LogP contribution is -2.31. The van der Waals surface area contributed by atoms with Crippen LogP contribution in [0.25, 0.3) is 0 Å². The van der Waals surface area contributed by atoms with E-state index in [1.54, 1.807) is 0 Å². The van der Waals surface area contributed by atoms with E-state index in [1.165, 1.54) is 60.7 Å². The largest absolute Gasteiger partial charge is 0.371 e. The maximum absolute atomic E-state index is 3.77. The number of halogens is 1. The molecule has 0 spiro atoms. The maximum Gasteiger partial charge on any atom is 0.0510 e. The predicted octanol–water partition coefficient (Wildman–Crippen LogP) is 5.11. The zero-order valence-corrected chi connectivity index (χ0v) is 15.1. The van der Waals surface area contributed by atoms with Crippen molar-refractivity contribution < 1.29 is 0 Å². The SMILES string of the molecule is CCCNCc1ccc(N(C)C2CCCCCC2)c(Br)c1. The second kappa shape index (κ2) is 8.79. The van der Waals surface area contributed by atoms with Crippen LogP contribution in [0.1, 0.15) is 57.4 Å². The van der Waals surface area contributed by atoms with Crippen LogP contribution in [0.15, 0.2) is 22.7 Å². The summed E-state index contributed by atoms with van der Waals surface area (Å²) in [6.07, 6.45) is 9.44. The Morgan fingerprint density at radius 2 is 1.90 bits per heavy atom. The Balaban J connectivity index is 2.01. The lowest BCUT2D eigenvalue weighted by atomic mass is 10.1. The van der Waals surface area contributed by atoms with Gasteiger partial charge in [0.05, 0.1) is 5.69 Å². The summed E-state index contributed by atoms with van der Waals surface area (Å²) < 4.78 is 1.23. The number of anilines is 1. The summed E-state index contributed by atoms with van der Waals surface area (Å²) in [5, 5.41) is 3.46. The van der Waals surface area contributed by atoms with Crippen molar-refractivity contribution in [1.82, 2.24) is 5.32 Å². The molecular formula is C18H29BrN2. The van der Waals surface area contributed by atoms with Crippen LogP contribution < -0.4 is 10.2 Å². The number of nitrogens with zero attached hydrogens (tertiary/aromatic N) is 1. The molecule has 1 N–H and O–H groups in total. The lowest BCUT2D eigenvalue weighted by Gasteiger charge is -2.30. The molecule has 1 saturated carbocycles. The van der Waals surface area contributed by atoms with Crippen LogP contribution in [0.3, 0.4) is 0 Å². The highest BCUT2D eigenvalue weighted by atomic mass is 79.9. The summed E-state index contributed by atoms with van der Waals surface area (Å²) in [4.78, 5) is 2.48. The molecule has 1 aromatic rings. The summed E-state index contributed by atoms with van der Waals surface area (Å²) in [7, 11) is 2.26. The summed E-state index contributed by atoms with van der Waals surface area (Å²) in [5.41, 5.74) is 2.69. The van der Waals surface area contributed by atoms with E-state index >= 15 is 0 Å². The molecule has 0 heterocycles. The Bertz CT molecular complexity index is 425. The van der Waals surface area contributed by atoms with Crippen LogP contribution in [0.5, 0.6) is 0 Å². The molecule has 1 fully saturated rings. The van der Waals surface area contributed by atoms with Crippen molar-refractivity contribution in [2.24, 2.45) is 0 Å². The van der Waals surface area contributed by atoms with Crippen molar-refractivity contribution in [2.45, 2.75) is 64.5 Å². The molecule has 1 aliphatic carbocycles. The maximum atomic E-state index is 3.77. The van der Waals surface area contributed by atoms with Crippen LogP contribution in [0, 0.1) is 0 Å². The fourth-order valence-electron chi connectivity index (χ4n) is 3.20. The van der Waals surface area contributed by atoms with E-state index in [2.05, 4.69) is 58.3 Å². The average molecular weight is 353 g/mol. The first-order valence-corrected chi connectivity index (χ1v) is 9.23. The Kier molecular flexibility index (Phi) is 7.05. The Hall–Kier alpha value is -0.540. The molecule has 0 aromatic heterocycles. The minimum absolute atomic E-state index is 0.702. The van der Waals surface area contributed by atoms with E-state index in [1.807, 2.05) is 0 Å². The molecule has 21 heavy (non-hydrogen) atoms. The normalized spacial score (nSPS) is 16.7. The van der Waals surface area contributed by atoms with Gasteiger partial charge in [0.2, 0.25) is 0 Å². The number of hydrogen-bond donors (Lipinski definition) is 1. The minimum Gasteiger partial charge on any atom is -0.371 e. The molecule has 3 heteroatoms. The van der Waals surface area contributed by atoms with Gasteiger partial charge in [0.1, 0.15) is 0 Å². The molecule has 0 saturated heterocycles. The number of benzene rings is 1. The van der Waals surface area contributed by atoms with Crippen LogP contribution in [-0.2, 0) is 6.54 Å². The first-order chi connectivity index (χ1) is 10.2. The average Bonchev–Trinajstić information content (AvgIpc) is 2.76. The Labute approximate surface area is 138 Å². The van der Waals surface area contributed by atoms with Crippen molar-refractivity contribution in [3.8, 4) is 0 Å². The predicted molar refractivity (Wildman–Crippen MR) is 96.0 cm³/mol. The molecule has 118 valence electrons. The fraction of sp³-hybridized carbons (Fsp3) is 0.667. The molecule has 2 rings (SSSR count). The Morgan fingerprint density at radius 3 is 2.52 bits per heavy atom. The van der Waals surface area contributed by atoms with Crippen molar-refractivity contribution in [2.75, 3.05) is 18.5 Å². The van der Waals surface area contributed by atoms with Gasteiger partial charge in [-0.25, -0.2) is 0 Å². The smallest absolute Gasteiger partial charge is 0.0510 e. The number of nitrogens with one attached hydrogen (secondary N) is 1. The fourth-order valence-corrected chi connectivity index (χ4v) is 3.90. The van der Waals surface area contributed by atoms with E-state index in [9.17, 15) is 0 Å². The quantitative estimate of drug-likeness (QED) is 0.565. The molecule has 0 unspecified atom stereocenters. The summed E-state index contributed by atoms with van der Waals surface area (Å²) in [6, 6.07) is 7.51. The highest BCUT2D eigenvalue weighted by molar-refractivity contribution is 9.10. The third kappa shape index (κ3) is 5.00. The second-order valence-corrected chi connectivity index (χ2v) is 7.07. The molecule has 0 atom stereocenters. The topological polar surface area (TPSA) is 15.3 Å². The van der Waals surface area contributed by atoms with Crippen molar-refractivity contribution >= 4 is 21.6 Å². The third-order valence-electron chi connectivity index (χ3n) is 4.52. The molecule has 0 aliphatic heterocycles. The molecule has 0 radical (unpaired) electrons. The molecule has 1 aromatic carbocycles. The van der Waals surface area contributed by atoms with E-state index in [-0.39, 0.29) is 0 Å². The molecule has 0 bridgehead atoms. The van der Waals surface area contributed by atoms with Gasteiger partial charge in [0.15, 0.2) is 0 Å². The Morgan fingerprint density at radius 1 is 1.19 bits per heavy atom. The van der Waals surface area contributed by atoms with E-state index in [0.29, 0.717) is 6.04 Å². The van der Waals surface area contributed by atoms with Gasteiger partial charge in [-0.2, -0.15) is 0 Å². The highest BCUT2D eigenvalue weighted by Gasteiger charge is 2.18. The second-order valence-electron chi connectivity index (χ2n) is 6.22. The van der Waals surface area contributed by atoms with Gasteiger partial charge >= 0.3 is 0 Å². The van der Waals surface area contributed by atoms with E-state index < -0.39 is 0 Å². The minimum atomic E-state index is 0.702. The van der Waals surface area contributed by atoms with Gasteiger partial charge in [-0.3, -0.25) is 0 Å². The van der Waals surface area contributed by atoms with Gasteiger partial charge in [-0.1, -0.05) is 38.7 Å². The van der Waals surface area contributed by atoms with Crippen LogP contribution in [0.4, 0.5) is 5.69 Å². The van der Waals surface area contributed by atoms with Crippen molar-refractivity contribution in [3.05, 3.63) is 28.2 Å². The van der Waals surface area contributed by atoms with Gasteiger partial charge in [-0.15, -0.1) is 0 Å². The molecule has 1 aliphatic rings. The first kappa shape index (κ1) is 16.8. The highest BCUT2D eigenvalue weighted by Crippen LogP contribution is 2.31. The zero-order chi connectivity index (χ0) is 15.1. The zero-order valence-electron chi connectivity index (χ0n) is 13.5. The molecule has 2 nitrogen and oxygen atoms in total. The van der Waals surface area contributed by atoms with E-state index in [0.717, 1.165) is 13.1 Å².